The van der Waals surface area contributed by atoms with Gasteiger partial charge in [-0.3, -0.25) is 9.80 Å². The standard InChI is InChI=1S/C20H33N3/c1-16-7-8-19(14-17(16)2)20(15-22-12-9-21-10-13-22)23-11-5-4-6-18(23)3/h7-8,14,18,20-21H,4-6,9-13,15H2,1-3H3. The van der Waals surface area contributed by atoms with Gasteiger partial charge >= 0.3 is 0 Å². The predicted octanol–water partition coefficient (Wildman–Crippen LogP) is 3.12. The summed E-state index contributed by atoms with van der Waals surface area (Å²) < 4.78 is 0. The number of piperazine rings is 1. The van der Waals surface area contributed by atoms with Gasteiger partial charge in [0.25, 0.3) is 0 Å². The van der Waals surface area contributed by atoms with Gasteiger partial charge in [0, 0.05) is 44.8 Å². The molecule has 1 N–H and O–H groups in total. The Kier molecular flexibility index (Phi) is 5.73. The molecule has 0 bridgehead atoms. The highest BCUT2D eigenvalue weighted by molar-refractivity contribution is 5.32. The first-order chi connectivity index (χ1) is 11.1. The molecule has 0 aliphatic carbocycles. The summed E-state index contributed by atoms with van der Waals surface area (Å²) >= 11 is 0. The maximum atomic E-state index is 3.48. The number of aryl methyl sites for hydroxylation is 2. The van der Waals surface area contributed by atoms with Crippen molar-refractivity contribution in [2.75, 3.05) is 39.3 Å². The second-order valence-electron chi connectivity index (χ2n) is 7.49. The Morgan fingerprint density at radius 1 is 1.09 bits per heavy atom. The number of benzene rings is 1. The van der Waals surface area contributed by atoms with E-state index in [1.54, 1.807) is 0 Å². The number of piperidine rings is 1. The first kappa shape index (κ1) is 16.9. The molecule has 0 radical (unpaired) electrons. The number of nitrogens with one attached hydrogen (secondary N) is 1. The molecule has 0 amide bonds. The number of nitrogens with zero attached hydrogens (tertiary/aromatic N) is 2. The Morgan fingerprint density at radius 2 is 1.87 bits per heavy atom. The fourth-order valence-electron chi connectivity index (χ4n) is 4.10. The molecule has 3 rings (SSSR count). The Bertz CT molecular complexity index is 508. The molecule has 2 aliphatic rings. The first-order valence-electron chi connectivity index (χ1n) is 9.41. The molecule has 2 saturated heterocycles. The molecule has 23 heavy (non-hydrogen) atoms. The van der Waals surface area contributed by atoms with Crippen LogP contribution < -0.4 is 5.32 Å². The van der Waals surface area contributed by atoms with Crippen LogP contribution in [0, 0.1) is 13.8 Å². The zero-order valence-electron chi connectivity index (χ0n) is 15.1. The van der Waals surface area contributed by atoms with Crippen LogP contribution in [-0.2, 0) is 0 Å². The van der Waals surface area contributed by atoms with Crippen molar-refractivity contribution in [1.29, 1.82) is 0 Å². The number of rotatable bonds is 4. The Morgan fingerprint density at radius 3 is 2.57 bits per heavy atom. The molecular formula is C20H33N3. The van der Waals surface area contributed by atoms with Crippen LogP contribution in [0.3, 0.4) is 0 Å². The van der Waals surface area contributed by atoms with E-state index in [1.807, 2.05) is 0 Å². The summed E-state index contributed by atoms with van der Waals surface area (Å²) in [5, 5.41) is 3.48. The van der Waals surface area contributed by atoms with Crippen LogP contribution in [0.5, 0.6) is 0 Å². The normalized spacial score (nSPS) is 25.4. The van der Waals surface area contributed by atoms with Crippen LogP contribution in [0.4, 0.5) is 0 Å². The van der Waals surface area contributed by atoms with E-state index in [1.165, 1.54) is 62.1 Å². The van der Waals surface area contributed by atoms with Crippen LogP contribution in [0.1, 0.15) is 48.9 Å². The summed E-state index contributed by atoms with van der Waals surface area (Å²) in [6.07, 6.45) is 4.10. The van der Waals surface area contributed by atoms with E-state index in [2.05, 4.69) is 54.1 Å². The SMILES string of the molecule is Cc1ccc(C(CN2CCNCC2)N2CCCCC2C)cc1C. The maximum Gasteiger partial charge on any atom is 0.0478 e. The fraction of sp³-hybridized carbons (Fsp3) is 0.700. The molecule has 1 aromatic carbocycles. The largest absolute Gasteiger partial charge is 0.314 e. The highest BCUT2D eigenvalue weighted by Crippen LogP contribution is 2.30. The van der Waals surface area contributed by atoms with Crippen LogP contribution >= 0.6 is 0 Å². The van der Waals surface area contributed by atoms with Gasteiger partial charge in [0.05, 0.1) is 0 Å². The molecule has 128 valence electrons. The molecule has 1 aromatic rings. The third-order valence-electron chi connectivity index (χ3n) is 5.81. The zero-order valence-corrected chi connectivity index (χ0v) is 15.1. The monoisotopic (exact) mass is 315 g/mol. The summed E-state index contributed by atoms with van der Waals surface area (Å²) in [6.45, 7) is 14.0. The van der Waals surface area contributed by atoms with Gasteiger partial charge in [-0.1, -0.05) is 24.6 Å². The van der Waals surface area contributed by atoms with Gasteiger partial charge in [-0.25, -0.2) is 0 Å². The van der Waals surface area contributed by atoms with Gasteiger partial charge in [-0.15, -0.1) is 0 Å². The van der Waals surface area contributed by atoms with E-state index in [4.69, 9.17) is 0 Å². The van der Waals surface area contributed by atoms with E-state index >= 15 is 0 Å². The molecule has 3 nitrogen and oxygen atoms in total. The van der Waals surface area contributed by atoms with Crippen molar-refractivity contribution >= 4 is 0 Å². The minimum Gasteiger partial charge on any atom is -0.314 e. The second-order valence-corrected chi connectivity index (χ2v) is 7.49. The third kappa shape index (κ3) is 4.14. The molecule has 3 heteroatoms. The van der Waals surface area contributed by atoms with E-state index in [0.717, 1.165) is 13.1 Å². The van der Waals surface area contributed by atoms with Crippen molar-refractivity contribution in [2.24, 2.45) is 0 Å². The quantitative estimate of drug-likeness (QED) is 0.921. The van der Waals surface area contributed by atoms with Crippen molar-refractivity contribution in [1.82, 2.24) is 15.1 Å². The molecule has 2 fully saturated rings. The van der Waals surface area contributed by atoms with Crippen molar-refractivity contribution < 1.29 is 0 Å². The molecule has 2 unspecified atom stereocenters. The van der Waals surface area contributed by atoms with Crippen molar-refractivity contribution in [2.45, 2.75) is 52.1 Å². The smallest absolute Gasteiger partial charge is 0.0478 e. The Labute approximate surface area is 142 Å². The summed E-state index contributed by atoms with van der Waals surface area (Å²) in [5.41, 5.74) is 4.35. The first-order valence-corrected chi connectivity index (χ1v) is 9.41. The number of likely N-dealkylation sites (tertiary alicyclic amines) is 1. The highest BCUT2D eigenvalue weighted by atomic mass is 15.3. The lowest BCUT2D eigenvalue weighted by atomic mass is 9.94. The average molecular weight is 316 g/mol. The zero-order chi connectivity index (χ0) is 16.2. The summed E-state index contributed by atoms with van der Waals surface area (Å²) in [6, 6.07) is 8.37. The van der Waals surface area contributed by atoms with Gasteiger partial charge in [-0.05, 0) is 56.8 Å². The van der Waals surface area contributed by atoms with Gasteiger partial charge in [0.15, 0.2) is 0 Å². The van der Waals surface area contributed by atoms with Crippen LogP contribution in [0.15, 0.2) is 18.2 Å². The van der Waals surface area contributed by atoms with Crippen molar-refractivity contribution in [3.05, 3.63) is 34.9 Å². The number of hydrogen-bond acceptors (Lipinski definition) is 3. The molecule has 0 spiro atoms. The Hall–Kier alpha value is -0.900. The molecule has 2 atom stereocenters. The minimum absolute atomic E-state index is 0.544. The minimum atomic E-state index is 0.544. The van der Waals surface area contributed by atoms with Crippen LogP contribution in [0.2, 0.25) is 0 Å². The van der Waals surface area contributed by atoms with E-state index < -0.39 is 0 Å². The van der Waals surface area contributed by atoms with Gasteiger partial charge in [-0.2, -0.15) is 0 Å². The maximum absolute atomic E-state index is 3.48. The molecule has 0 saturated carbocycles. The molecule has 2 heterocycles. The molecule has 0 aromatic heterocycles. The lowest BCUT2D eigenvalue weighted by Gasteiger charge is -2.42. The fourth-order valence-corrected chi connectivity index (χ4v) is 4.10. The van der Waals surface area contributed by atoms with E-state index in [-0.39, 0.29) is 0 Å². The summed E-state index contributed by atoms with van der Waals surface area (Å²) in [5.74, 6) is 0. The van der Waals surface area contributed by atoms with Crippen LogP contribution in [-0.4, -0.2) is 55.1 Å². The van der Waals surface area contributed by atoms with Gasteiger partial charge in [0.2, 0.25) is 0 Å². The predicted molar refractivity (Wildman–Crippen MR) is 98.0 cm³/mol. The highest BCUT2D eigenvalue weighted by Gasteiger charge is 2.29. The van der Waals surface area contributed by atoms with Gasteiger partial charge < -0.3 is 5.32 Å². The van der Waals surface area contributed by atoms with Gasteiger partial charge in [0.1, 0.15) is 0 Å². The third-order valence-corrected chi connectivity index (χ3v) is 5.81. The van der Waals surface area contributed by atoms with Crippen molar-refractivity contribution in [3.63, 3.8) is 0 Å². The molecule has 2 aliphatic heterocycles. The van der Waals surface area contributed by atoms with E-state index in [0.29, 0.717) is 12.1 Å². The summed E-state index contributed by atoms with van der Waals surface area (Å²) in [4.78, 5) is 5.42. The van der Waals surface area contributed by atoms with Crippen molar-refractivity contribution in [3.8, 4) is 0 Å². The Balaban J connectivity index is 1.83. The van der Waals surface area contributed by atoms with E-state index in [9.17, 15) is 0 Å². The average Bonchev–Trinajstić information content (AvgIpc) is 2.57. The van der Waals surface area contributed by atoms with Crippen LogP contribution in [0.25, 0.3) is 0 Å². The number of hydrogen-bond donors (Lipinski definition) is 1. The lowest BCUT2D eigenvalue weighted by molar-refractivity contribution is 0.0722. The lowest BCUT2D eigenvalue weighted by Crippen LogP contribution is -2.49. The summed E-state index contributed by atoms with van der Waals surface area (Å²) in [7, 11) is 0. The second kappa shape index (κ2) is 7.78. The topological polar surface area (TPSA) is 18.5 Å². The molecular weight excluding hydrogens is 282 g/mol.